The van der Waals surface area contributed by atoms with Crippen molar-refractivity contribution in [2.75, 3.05) is 11.9 Å². The van der Waals surface area contributed by atoms with Crippen LogP contribution in [0.2, 0.25) is 5.02 Å². The summed E-state index contributed by atoms with van der Waals surface area (Å²) in [6, 6.07) is 20.9. The molecule has 5 nitrogen and oxygen atoms in total. The van der Waals surface area contributed by atoms with E-state index in [1.54, 1.807) is 0 Å². The number of hydrogen-bond donors (Lipinski definition) is 1. The van der Waals surface area contributed by atoms with Crippen LogP contribution in [0.15, 0.2) is 71.2 Å². The molecule has 0 spiro atoms. The Morgan fingerprint density at radius 1 is 1.07 bits per heavy atom. The highest BCUT2D eigenvalue weighted by molar-refractivity contribution is 9.10. The van der Waals surface area contributed by atoms with Crippen molar-refractivity contribution in [2.24, 2.45) is 11.3 Å². The van der Waals surface area contributed by atoms with E-state index in [2.05, 4.69) is 48.1 Å². The number of aryl methyl sites for hydroxylation is 1. The fourth-order valence-corrected chi connectivity index (χ4v) is 6.07. The lowest BCUT2D eigenvalue weighted by atomic mass is 9.69. The average Bonchev–Trinajstić information content (AvgIpc) is 2.91. The molecule has 0 fully saturated rings. The molecule has 1 N–H and O–H groups in total. The summed E-state index contributed by atoms with van der Waals surface area (Å²) in [5.41, 5.74) is 6.53. The van der Waals surface area contributed by atoms with Gasteiger partial charge in [-0.3, -0.25) is 4.79 Å². The van der Waals surface area contributed by atoms with E-state index in [1.165, 1.54) is 0 Å². The zero-order valence-electron chi connectivity index (χ0n) is 23.6. The number of carbonyl (C=O) groups excluding carboxylic acids is 2. The minimum atomic E-state index is -0.533. The Labute approximate surface area is 254 Å². The number of rotatable bonds is 5. The van der Waals surface area contributed by atoms with Crippen LogP contribution >= 0.6 is 27.5 Å². The lowest BCUT2D eigenvalue weighted by Gasteiger charge is -2.36. The van der Waals surface area contributed by atoms with Crippen molar-refractivity contribution in [1.29, 1.82) is 0 Å². The molecule has 1 aromatic heterocycles. The van der Waals surface area contributed by atoms with Gasteiger partial charge in [-0.25, -0.2) is 9.78 Å². The molecule has 210 valence electrons. The van der Waals surface area contributed by atoms with Gasteiger partial charge in [-0.05, 0) is 106 Å². The number of halogens is 2. The standard InChI is InChI=1S/C34H32BrClN2O3/c1-20-12-13-29(27(35)14-20)37-30(39)19-41-33(40)31-25-10-5-6-11-28(25)38-32-22(15-21-8-7-9-24(36)16-21)17-23(18-26(31)32)34(2,3)4/h5-16,23H,17-19H2,1-4H3,(H,37,39)/b22-15+. The van der Waals surface area contributed by atoms with Crippen LogP contribution < -0.4 is 5.32 Å². The number of fused-ring (bicyclic) bond motifs is 2. The maximum absolute atomic E-state index is 13.8. The van der Waals surface area contributed by atoms with Crippen molar-refractivity contribution in [1.82, 2.24) is 4.98 Å². The SMILES string of the molecule is Cc1ccc(NC(=O)COC(=O)c2c3c(nc4ccccc24)/C(=C/c2cccc(Cl)c2)CC(C(C)(C)C)C3)c(Br)c1. The number of esters is 1. The van der Waals surface area contributed by atoms with Gasteiger partial charge in [0, 0.05) is 14.9 Å². The van der Waals surface area contributed by atoms with Gasteiger partial charge in [0.05, 0.1) is 22.5 Å². The van der Waals surface area contributed by atoms with Crippen molar-refractivity contribution in [3.63, 3.8) is 0 Å². The number of anilines is 1. The van der Waals surface area contributed by atoms with Gasteiger partial charge < -0.3 is 10.1 Å². The van der Waals surface area contributed by atoms with E-state index in [1.807, 2.05) is 73.7 Å². The van der Waals surface area contributed by atoms with Gasteiger partial charge in [0.25, 0.3) is 5.91 Å². The van der Waals surface area contributed by atoms with Crippen LogP contribution in [-0.4, -0.2) is 23.5 Å². The monoisotopic (exact) mass is 630 g/mol. The van der Waals surface area contributed by atoms with Crippen LogP contribution in [-0.2, 0) is 16.0 Å². The summed E-state index contributed by atoms with van der Waals surface area (Å²) in [6.45, 7) is 8.23. The molecular formula is C34H32BrClN2O3. The first-order valence-corrected chi connectivity index (χ1v) is 14.8. The topological polar surface area (TPSA) is 68.3 Å². The quantitative estimate of drug-likeness (QED) is 0.223. The number of nitrogens with zero attached hydrogens (tertiary/aromatic N) is 1. The minimum absolute atomic E-state index is 0.0146. The smallest absolute Gasteiger partial charge is 0.339 e. The normalized spacial score (nSPS) is 16.0. The third-order valence-electron chi connectivity index (χ3n) is 7.57. The maximum Gasteiger partial charge on any atom is 0.339 e. The van der Waals surface area contributed by atoms with Crippen LogP contribution in [0, 0.1) is 18.3 Å². The van der Waals surface area contributed by atoms with Gasteiger partial charge in [-0.2, -0.15) is 0 Å². The molecule has 1 heterocycles. The first kappa shape index (κ1) is 29.0. The molecular weight excluding hydrogens is 600 g/mol. The summed E-state index contributed by atoms with van der Waals surface area (Å²) >= 11 is 9.77. The number of allylic oxidation sites excluding steroid dienone is 1. The number of carbonyl (C=O) groups is 2. The Hall–Kier alpha value is -3.48. The number of amides is 1. The van der Waals surface area contributed by atoms with Crippen molar-refractivity contribution in [3.8, 4) is 0 Å². The number of pyridine rings is 1. The molecule has 1 amide bonds. The Kier molecular flexibility index (Phi) is 8.35. The number of nitrogens with one attached hydrogen (secondary N) is 1. The van der Waals surface area contributed by atoms with Crippen LogP contribution in [0.25, 0.3) is 22.6 Å². The first-order valence-electron chi connectivity index (χ1n) is 13.6. The van der Waals surface area contributed by atoms with E-state index in [9.17, 15) is 9.59 Å². The first-order chi connectivity index (χ1) is 19.5. The summed E-state index contributed by atoms with van der Waals surface area (Å²) in [4.78, 5) is 31.6. The van der Waals surface area contributed by atoms with Crippen LogP contribution in [0.1, 0.15) is 59.9 Å². The van der Waals surface area contributed by atoms with Crippen molar-refractivity contribution in [3.05, 3.63) is 104 Å². The largest absolute Gasteiger partial charge is 0.452 e. The molecule has 1 unspecified atom stereocenters. The third kappa shape index (κ3) is 6.55. The van der Waals surface area contributed by atoms with E-state index in [0.717, 1.165) is 44.2 Å². The van der Waals surface area contributed by atoms with E-state index in [-0.39, 0.29) is 11.3 Å². The Balaban J connectivity index is 1.54. The Morgan fingerprint density at radius 3 is 2.59 bits per heavy atom. The summed E-state index contributed by atoms with van der Waals surface area (Å²) in [5, 5.41) is 4.19. The van der Waals surface area contributed by atoms with E-state index < -0.39 is 18.5 Å². The second-order valence-electron chi connectivity index (χ2n) is 11.6. The molecule has 3 aromatic carbocycles. The number of para-hydroxylation sites is 1. The highest BCUT2D eigenvalue weighted by Gasteiger charge is 2.35. The molecule has 1 aliphatic rings. The summed E-state index contributed by atoms with van der Waals surface area (Å²) < 4.78 is 6.42. The van der Waals surface area contributed by atoms with E-state index in [4.69, 9.17) is 21.3 Å². The lowest BCUT2D eigenvalue weighted by Crippen LogP contribution is -2.29. The Bertz CT molecular complexity index is 1690. The van der Waals surface area contributed by atoms with Gasteiger partial charge in [-0.15, -0.1) is 0 Å². The van der Waals surface area contributed by atoms with Crippen LogP contribution in [0.3, 0.4) is 0 Å². The van der Waals surface area contributed by atoms with E-state index in [0.29, 0.717) is 28.2 Å². The predicted molar refractivity (Wildman–Crippen MR) is 170 cm³/mol. The molecule has 1 atom stereocenters. The second-order valence-corrected chi connectivity index (χ2v) is 12.9. The lowest BCUT2D eigenvalue weighted by molar-refractivity contribution is -0.119. The molecule has 7 heteroatoms. The predicted octanol–water partition coefficient (Wildman–Crippen LogP) is 8.90. The minimum Gasteiger partial charge on any atom is -0.452 e. The summed E-state index contributed by atoms with van der Waals surface area (Å²) in [6.07, 6.45) is 3.61. The zero-order chi connectivity index (χ0) is 29.3. The molecule has 0 aliphatic heterocycles. The fourth-order valence-electron chi connectivity index (χ4n) is 5.28. The van der Waals surface area contributed by atoms with Gasteiger partial charge in [0.2, 0.25) is 0 Å². The summed E-state index contributed by atoms with van der Waals surface area (Å²) in [7, 11) is 0. The van der Waals surface area contributed by atoms with Crippen molar-refractivity contribution >= 4 is 67.6 Å². The molecule has 5 rings (SSSR count). The molecule has 0 saturated heterocycles. The number of benzene rings is 3. The number of aromatic nitrogens is 1. The Morgan fingerprint density at radius 2 is 1.85 bits per heavy atom. The molecule has 41 heavy (non-hydrogen) atoms. The maximum atomic E-state index is 13.8. The van der Waals surface area contributed by atoms with Crippen LogP contribution in [0.4, 0.5) is 5.69 Å². The summed E-state index contributed by atoms with van der Waals surface area (Å²) in [5.74, 6) is -0.684. The van der Waals surface area contributed by atoms with Crippen LogP contribution in [0.5, 0.6) is 0 Å². The third-order valence-corrected chi connectivity index (χ3v) is 8.46. The van der Waals surface area contributed by atoms with Gasteiger partial charge in [0.1, 0.15) is 0 Å². The van der Waals surface area contributed by atoms with Gasteiger partial charge in [0.15, 0.2) is 6.61 Å². The molecule has 4 aromatic rings. The zero-order valence-corrected chi connectivity index (χ0v) is 25.9. The van der Waals surface area contributed by atoms with E-state index >= 15 is 0 Å². The highest BCUT2D eigenvalue weighted by atomic mass is 79.9. The second kappa shape index (κ2) is 11.8. The number of hydrogen-bond acceptors (Lipinski definition) is 4. The van der Waals surface area contributed by atoms with Gasteiger partial charge in [-0.1, -0.05) is 68.8 Å². The average molecular weight is 632 g/mol. The van der Waals surface area contributed by atoms with Crippen molar-refractivity contribution in [2.45, 2.75) is 40.5 Å². The molecule has 0 radical (unpaired) electrons. The molecule has 0 saturated carbocycles. The van der Waals surface area contributed by atoms with Gasteiger partial charge >= 0.3 is 5.97 Å². The number of ether oxygens (including phenoxy) is 1. The van der Waals surface area contributed by atoms with Crippen molar-refractivity contribution < 1.29 is 14.3 Å². The molecule has 1 aliphatic carbocycles. The highest BCUT2D eigenvalue weighted by Crippen LogP contribution is 2.45. The fraction of sp³-hybridized carbons (Fsp3) is 0.265. The molecule has 0 bridgehead atoms.